The molecule has 0 spiro atoms. The molecule has 0 heterocycles. The Bertz CT molecular complexity index is 392. The summed E-state index contributed by atoms with van der Waals surface area (Å²) in [6.07, 6.45) is -1.20. The fourth-order valence-corrected chi connectivity index (χ4v) is 1.58. The van der Waals surface area contributed by atoms with E-state index in [0.717, 1.165) is 0 Å². The fourth-order valence-electron chi connectivity index (χ4n) is 1.29. The van der Waals surface area contributed by atoms with Crippen LogP contribution in [-0.2, 0) is 4.79 Å². The summed E-state index contributed by atoms with van der Waals surface area (Å²) in [7, 11) is 0. The van der Waals surface area contributed by atoms with Crippen molar-refractivity contribution in [1.29, 1.82) is 0 Å². The number of carbonyl (C=O) groups excluding carboxylic acids is 1. The first-order valence-electron chi connectivity index (χ1n) is 5.08. The minimum Gasteiger partial charge on any atom is -0.386 e. The van der Waals surface area contributed by atoms with Gasteiger partial charge in [0.2, 0.25) is 5.91 Å². The highest BCUT2D eigenvalue weighted by Crippen LogP contribution is 2.25. The van der Waals surface area contributed by atoms with Crippen LogP contribution in [0.15, 0.2) is 18.2 Å². The quantitative estimate of drug-likeness (QED) is 0.755. The van der Waals surface area contributed by atoms with Crippen molar-refractivity contribution in [3.8, 4) is 0 Å². The van der Waals surface area contributed by atoms with Crippen molar-refractivity contribution >= 4 is 17.5 Å². The van der Waals surface area contributed by atoms with E-state index >= 15 is 0 Å². The smallest absolute Gasteiger partial charge is 0.236 e. The molecule has 4 N–H and O–H groups in total. The molecule has 1 unspecified atom stereocenters. The van der Waals surface area contributed by atoms with E-state index in [2.05, 4.69) is 5.32 Å². The van der Waals surface area contributed by atoms with Crippen LogP contribution >= 0.6 is 11.6 Å². The number of nitrogens with two attached hydrogens (primary N) is 1. The van der Waals surface area contributed by atoms with Gasteiger partial charge in [0.15, 0.2) is 0 Å². The van der Waals surface area contributed by atoms with E-state index in [0.29, 0.717) is 0 Å². The van der Waals surface area contributed by atoms with Crippen LogP contribution in [0.1, 0.15) is 18.6 Å². The highest BCUT2D eigenvalue weighted by Gasteiger charge is 2.17. The zero-order chi connectivity index (χ0) is 13.0. The third-order valence-electron chi connectivity index (χ3n) is 2.22. The second-order valence-electron chi connectivity index (χ2n) is 3.68. The fraction of sp³-hybridized carbons (Fsp3) is 0.364. The number of aliphatic hydroxyl groups excluding tert-OH is 1. The lowest BCUT2D eigenvalue weighted by Crippen LogP contribution is -2.40. The lowest BCUT2D eigenvalue weighted by Gasteiger charge is -2.15. The predicted octanol–water partition coefficient (Wildman–Crippen LogP) is 0.976. The van der Waals surface area contributed by atoms with Crippen LogP contribution in [0.25, 0.3) is 0 Å². The molecule has 0 fully saturated rings. The standard InChI is InChI=1S/C11H14ClFN2O2/c1-6(14)11(17)15-5-9(16)10-7(12)3-2-4-8(10)13/h2-4,6,9,16H,5,14H2,1H3,(H,15,17)/t6-,9?/m1/s1. The maximum Gasteiger partial charge on any atom is 0.236 e. The summed E-state index contributed by atoms with van der Waals surface area (Å²) in [5.41, 5.74) is 5.30. The van der Waals surface area contributed by atoms with Gasteiger partial charge in [0.1, 0.15) is 11.9 Å². The Balaban J connectivity index is 2.70. The maximum atomic E-state index is 13.4. The first kappa shape index (κ1) is 13.9. The van der Waals surface area contributed by atoms with Crippen molar-refractivity contribution < 1.29 is 14.3 Å². The summed E-state index contributed by atoms with van der Waals surface area (Å²) >= 11 is 5.76. The molecule has 0 radical (unpaired) electrons. The van der Waals surface area contributed by atoms with Gasteiger partial charge < -0.3 is 16.2 Å². The predicted molar refractivity (Wildman–Crippen MR) is 63.0 cm³/mol. The molecule has 2 atom stereocenters. The molecule has 1 rings (SSSR count). The van der Waals surface area contributed by atoms with Gasteiger partial charge in [-0.15, -0.1) is 0 Å². The van der Waals surface area contributed by atoms with Crippen LogP contribution in [-0.4, -0.2) is 23.6 Å². The lowest BCUT2D eigenvalue weighted by molar-refractivity contribution is -0.122. The van der Waals surface area contributed by atoms with Gasteiger partial charge in [-0.2, -0.15) is 0 Å². The Labute approximate surface area is 104 Å². The molecule has 1 amide bonds. The minimum absolute atomic E-state index is 0.0286. The first-order valence-corrected chi connectivity index (χ1v) is 5.46. The second-order valence-corrected chi connectivity index (χ2v) is 4.09. The van der Waals surface area contributed by atoms with Gasteiger partial charge in [-0.25, -0.2) is 4.39 Å². The summed E-state index contributed by atoms with van der Waals surface area (Å²) < 4.78 is 13.4. The second kappa shape index (κ2) is 5.95. The van der Waals surface area contributed by atoms with Crippen molar-refractivity contribution in [2.24, 2.45) is 5.73 Å². The van der Waals surface area contributed by atoms with Crippen LogP contribution in [0.4, 0.5) is 4.39 Å². The Morgan fingerprint density at radius 3 is 2.82 bits per heavy atom. The number of benzene rings is 1. The molecular weight excluding hydrogens is 247 g/mol. The molecule has 0 aliphatic carbocycles. The van der Waals surface area contributed by atoms with E-state index in [1.807, 2.05) is 0 Å². The monoisotopic (exact) mass is 260 g/mol. The highest BCUT2D eigenvalue weighted by molar-refractivity contribution is 6.31. The average molecular weight is 261 g/mol. The lowest BCUT2D eigenvalue weighted by atomic mass is 10.1. The number of hydrogen-bond acceptors (Lipinski definition) is 3. The van der Waals surface area contributed by atoms with E-state index in [1.54, 1.807) is 0 Å². The molecule has 4 nitrogen and oxygen atoms in total. The van der Waals surface area contributed by atoms with E-state index in [-0.39, 0.29) is 17.1 Å². The molecule has 0 aliphatic rings. The summed E-state index contributed by atoms with van der Waals surface area (Å²) in [5.74, 6) is -1.03. The van der Waals surface area contributed by atoms with Gasteiger partial charge in [0, 0.05) is 17.1 Å². The van der Waals surface area contributed by atoms with Crippen molar-refractivity contribution in [2.75, 3.05) is 6.54 Å². The van der Waals surface area contributed by atoms with Crippen LogP contribution < -0.4 is 11.1 Å². The van der Waals surface area contributed by atoms with E-state index in [1.165, 1.54) is 25.1 Å². The molecule has 6 heteroatoms. The van der Waals surface area contributed by atoms with Gasteiger partial charge in [0.25, 0.3) is 0 Å². The van der Waals surface area contributed by atoms with E-state index < -0.39 is 23.9 Å². The van der Waals surface area contributed by atoms with Crippen LogP contribution in [0.3, 0.4) is 0 Å². The minimum atomic E-state index is -1.20. The number of halogens is 2. The number of hydrogen-bond donors (Lipinski definition) is 3. The molecule has 0 bridgehead atoms. The molecule has 94 valence electrons. The Hall–Kier alpha value is -1.17. The molecular formula is C11H14ClFN2O2. The number of carbonyl (C=O) groups is 1. The number of aliphatic hydroxyl groups is 1. The molecule has 1 aromatic carbocycles. The summed E-state index contributed by atoms with van der Waals surface area (Å²) in [6.45, 7) is 1.37. The maximum absolute atomic E-state index is 13.4. The topological polar surface area (TPSA) is 75.4 Å². The Kier molecular flexibility index (Phi) is 4.86. The molecule has 0 aliphatic heterocycles. The molecule has 1 aromatic rings. The largest absolute Gasteiger partial charge is 0.386 e. The van der Waals surface area contributed by atoms with Gasteiger partial charge in [-0.05, 0) is 19.1 Å². The van der Waals surface area contributed by atoms with Crippen LogP contribution in [0, 0.1) is 5.82 Å². The molecule has 17 heavy (non-hydrogen) atoms. The van der Waals surface area contributed by atoms with Crippen LogP contribution in [0.2, 0.25) is 5.02 Å². The highest BCUT2D eigenvalue weighted by atomic mass is 35.5. The van der Waals surface area contributed by atoms with Crippen molar-refractivity contribution in [1.82, 2.24) is 5.32 Å². The number of nitrogens with one attached hydrogen (secondary N) is 1. The molecule has 0 saturated carbocycles. The van der Waals surface area contributed by atoms with Crippen molar-refractivity contribution in [3.05, 3.63) is 34.6 Å². The Morgan fingerprint density at radius 1 is 1.65 bits per heavy atom. The third-order valence-corrected chi connectivity index (χ3v) is 2.55. The van der Waals surface area contributed by atoms with Gasteiger partial charge in [0.05, 0.1) is 6.04 Å². The van der Waals surface area contributed by atoms with Crippen LogP contribution in [0.5, 0.6) is 0 Å². The third kappa shape index (κ3) is 3.66. The molecule has 0 aromatic heterocycles. The van der Waals surface area contributed by atoms with Gasteiger partial charge in [-0.1, -0.05) is 17.7 Å². The Morgan fingerprint density at radius 2 is 2.29 bits per heavy atom. The van der Waals surface area contributed by atoms with E-state index in [9.17, 15) is 14.3 Å². The van der Waals surface area contributed by atoms with Crippen molar-refractivity contribution in [2.45, 2.75) is 19.1 Å². The summed E-state index contributed by atoms with van der Waals surface area (Å²) in [4.78, 5) is 11.2. The van der Waals surface area contributed by atoms with Gasteiger partial charge in [-0.3, -0.25) is 4.79 Å². The van der Waals surface area contributed by atoms with Gasteiger partial charge >= 0.3 is 0 Å². The SMILES string of the molecule is C[C@@H](N)C(=O)NCC(O)c1c(F)cccc1Cl. The average Bonchev–Trinajstić information content (AvgIpc) is 2.25. The molecule has 0 saturated heterocycles. The zero-order valence-electron chi connectivity index (χ0n) is 9.28. The summed E-state index contributed by atoms with van der Waals surface area (Å²) in [6, 6.07) is 3.42. The van der Waals surface area contributed by atoms with Crippen molar-refractivity contribution in [3.63, 3.8) is 0 Å². The number of amides is 1. The normalized spacial score (nSPS) is 14.2. The zero-order valence-corrected chi connectivity index (χ0v) is 10.0. The summed E-state index contributed by atoms with van der Waals surface area (Å²) in [5, 5.41) is 12.2. The van der Waals surface area contributed by atoms with E-state index in [4.69, 9.17) is 17.3 Å². The number of rotatable bonds is 4. The first-order chi connectivity index (χ1) is 7.93.